The van der Waals surface area contributed by atoms with Gasteiger partial charge >= 0.3 is 0 Å². The Kier molecular flexibility index (Phi) is 6.10. The van der Waals surface area contributed by atoms with E-state index in [4.69, 9.17) is 0 Å². The molecular formula is C17H24N2O2. The number of aliphatic imine (C=N–C) groups is 2. The van der Waals surface area contributed by atoms with Crippen LogP contribution in [-0.4, -0.2) is 24.2 Å². The average molecular weight is 288 g/mol. The maximum absolute atomic E-state index is 10.3. The van der Waals surface area contributed by atoms with Crippen molar-refractivity contribution in [2.24, 2.45) is 21.8 Å². The Balaban J connectivity index is 1.82. The number of hydrogen-bond donors (Lipinski definition) is 0. The zero-order valence-electron chi connectivity index (χ0n) is 12.8. The molecular weight excluding hydrogens is 264 g/mol. The second-order valence-corrected chi connectivity index (χ2v) is 6.43. The molecule has 0 aliphatic heterocycles. The lowest BCUT2D eigenvalue weighted by atomic mass is 9.79. The van der Waals surface area contributed by atoms with E-state index in [2.05, 4.69) is 23.0 Å². The molecule has 2 aliphatic rings. The van der Waals surface area contributed by atoms with Crippen LogP contribution in [0.4, 0.5) is 0 Å². The van der Waals surface area contributed by atoms with Gasteiger partial charge in [-0.3, -0.25) is 0 Å². The third kappa shape index (κ3) is 4.77. The molecule has 0 saturated heterocycles. The first kappa shape index (κ1) is 15.9. The van der Waals surface area contributed by atoms with Crippen LogP contribution in [0.25, 0.3) is 0 Å². The third-order valence-electron chi connectivity index (χ3n) is 5.05. The van der Waals surface area contributed by atoms with E-state index in [1.54, 1.807) is 12.2 Å². The zero-order valence-corrected chi connectivity index (χ0v) is 12.8. The molecule has 0 amide bonds. The molecule has 21 heavy (non-hydrogen) atoms. The molecule has 4 heteroatoms. The van der Waals surface area contributed by atoms with Crippen LogP contribution < -0.4 is 0 Å². The van der Waals surface area contributed by atoms with Gasteiger partial charge in [0.1, 0.15) is 0 Å². The minimum absolute atomic E-state index is 0.197. The Morgan fingerprint density at radius 2 is 1.33 bits per heavy atom. The summed E-state index contributed by atoms with van der Waals surface area (Å²) in [5.74, 6) is 1.28. The predicted molar refractivity (Wildman–Crippen MR) is 81.5 cm³/mol. The highest BCUT2D eigenvalue weighted by Crippen LogP contribution is 2.34. The van der Waals surface area contributed by atoms with Crippen molar-refractivity contribution in [2.75, 3.05) is 0 Å². The van der Waals surface area contributed by atoms with Crippen LogP contribution in [-0.2, 0) is 9.59 Å². The van der Waals surface area contributed by atoms with Gasteiger partial charge in [0.15, 0.2) is 0 Å². The van der Waals surface area contributed by atoms with Crippen LogP contribution in [0.5, 0.6) is 0 Å². The molecule has 0 spiro atoms. The summed E-state index contributed by atoms with van der Waals surface area (Å²) < 4.78 is 0. The van der Waals surface area contributed by atoms with E-state index in [0.717, 1.165) is 51.4 Å². The number of nitrogens with zero attached hydrogens (tertiary/aromatic N) is 2. The van der Waals surface area contributed by atoms with Crippen molar-refractivity contribution in [3.05, 3.63) is 11.6 Å². The van der Waals surface area contributed by atoms with Crippen LogP contribution in [0, 0.1) is 11.8 Å². The summed E-state index contributed by atoms with van der Waals surface area (Å²) >= 11 is 0. The van der Waals surface area contributed by atoms with Crippen molar-refractivity contribution in [3.8, 4) is 0 Å². The van der Waals surface area contributed by atoms with E-state index >= 15 is 0 Å². The average Bonchev–Trinajstić information content (AvgIpc) is 2.50. The Morgan fingerprint density at radius 3 is 1.81 bits per heavy atom. The number of allylic oxidation sites excluding steroid dienone is 2. The summed E-state index contributed by atoms with van der Waals surface area (Å²) in [6.07, 6.45) is 14.3. The van der Waals surface area contributed by atoms with Crippen LogP contribution in [0.1, 0.15) is 58.3 Å². The van der Waals surface area contributed by atoms with Gasteiger partial charge in [0.25, 0.3) is 0 Å². The minimum Gasteiger partial charge on any atom is -0.211 e. The van der Waals surface area contributed by atoms with E-state index in [1.807, 2.05) is 0 Å². The molecule has 0 aromatic heterocycles. The Bertz CT molecular complexity index is 457. The summed E-state index contributed by atoms with van der Waals surface area (Å²) in [5, 5.41) is 0. The predicted octanol–water partition coefficient (Wildman–Crippen LogP) is 3.72. The van der Waals surface area contributed by atoms with E-state index < -0.39 is 0 Å². The maximum atomic E-state index is 10.3. The van der Waals surface area contributed by atoms with Crippen LogP contribution in [0.2, 0.25) is 0 Å². The monoisotopic (exact) mass is 288 g/mol. The van der Waals surface area contributed by atoms with Crippen molar-refractivity contribution in [2.45, 2.75) is 70.4 Å². The normalized spacial score (nSPS) is 33.7. The van der Waals surface area contributed by atoms with Gasteiger partial charge < -0.3 is 0 Å². The third-order valence-corrected chi connectivity index (χ3v) is 5.05. The standard InChI is InChI=1S/C17H24N2O2/c1-13(15-4-8-17(9-5-15)19-12-21)10-14-2-6-16(7-3-14)18-11-20/h10,14-17H,2-9H2,1H3/b13-10+. The fourth-order valence-corrected chi connectivity index (χ4v) is 3.71. The van der Waals surface area contributed by atoms with Gasteiger partial charge in [0, 0.05) is 0 Å². The molecule has 0 N–H and O–H groups in total. The van der Waals surface area contributed by atoms with Gasteiger partial charge in [-0.1, -0.05) is 11.6 Å². The van der Waals surface area contributed by atoms with Crippen molar-refractivity contribution >= 4 is 12.2 Å². The molecule has 2 aliphatic carbocycles. The first-order valence-electron chi connectivity index (χ1n) is 8.05. The minimum atomic E-state index is 0.197. The smallest absolute Gasteiger partial charge is 0.211 e. The van der Waals surface area contributed by atoms with Gasteiger partial charge in [0.05, 0.1) is 12.1 Å². The second kappa shape index (κ2) is 8.07. The molecule has 4 nitrogen and oxygen atoms in total. The quantitative estimate of drug-likeness (QED) is 0.449. The Morgan fingerprint density at radius 1 is 0.857 bits per heavy atom. The Hall–Kier alpha value is -1.50. The molecule has 0 atom stereocenters. The number of carbonyl (C=O) groups excluding carboxylic acids is 2. The molecule has 2 saturated carbocycles. The maximum Gasteiger partial charge on any atom is 0.235 e. The van der Waals surface area contributed by atoms with Gasteiger partial charge in [-0.05, 0) is 70.1 Å². The van der Waals surface area contributed by atoms with Gasteiger partial charge in [0.2, 0.25) is 12.2 Å². The molecule has 0 bridgehead atoms. The molecule has 0 unspecified atom stereocenters. The lowest BCUT2D eigenvalue weighted by Crippen LogP contribution is -2.19. The lowest BCUT2D eigenvalue weighted by molar-refractivity contribution is 0.350. The largest absolute Gasteiger partial charge is 0.235 e. The lowest BCUT2D eigenvalue weighted by Gasteiger charge is -2.28. The fourth-order valence-electron chi connectivity index (χ4n) is 3.71. The Labute approximate surface area is 126 Å². The molecule has 0 heterocycles. The zero-order chi connectivity index (χ0) is 15.1. The van der Waals surface area contributed by atoms with Crippen molar-refractivity contribution < 1.29 is 9.59 Å². The van der Waals surface area contributed by atoms with E-state index in [9.17, 15) is 9.59 Å². The molecule has 0 aromatic rings. The highest BCUT2D eigenvalue weighted by molar-refractivity contribution is 5.34. The molecule has 114 valence electrons. The first-order valence-corrected chi connectivity index (χ1v) is 8.05. The summed E-state index contributed by atoms with van der Waals surface area (Å²) in [4.78, 5) is 28.3. The second-order valence-electron chi connectivity index (χ2n) is 6.43. The summed E-state index contributed by atoms with van der Waals surface area (Å²) in [6.45, 7) is 2.24. The topological polar surface area (TPSA) is 58.9 Å². The van der Waals surface area contributed by atoms with Crippen molar-refractivity contribution in [1.29, 1.82) is 0 Å². The van der Waals surface area contributed by atoms with Crippen molar-refractivity contribution in [1.82, 2.24) is 0 Å². The first-order chi connectivity index (χ1) is 10.2. The van der Waals surface area contributed by atoms with Crippen LogP contribution in [0.15, 0.2) is 21.6 Å². The number of hydrogen-bond acceptors (Lipinski definition) is 4. The number of isocyanates is 2. The van der Waals surface area contributed by atoms with Crippen LogP contribution >= 0.6 is 0 Å². The van der Waals surface area contributed by atoms with Gasteiger partial charge in [-0.2, -0.15) is 0 Å². The summed E-state index contributed by atoms with van der Waals surface area (Å²) in [7, 11) is 0. The molecule has 0 aromatic carbocycles. The summed E-state index contributed by atoms with van der Waals surface area (Å²) in [5.41, 5.74) is 1.49. The SMILES string of the molecule is C/C(=C\C1CCC(N=C=O)CC1)C1CCC(N=C=O)CC1. The highest BCUT2D eigenvalue weighted by atomic mass is 16.1. The molecule has 2 rings (SSSR count). The highest BCUT2D eigenvalue weighted by Gasteiger charge is 2.24. The van der Waals surface area contributed by atoms with E-state index in [1.165, 1.54) is 5.57 Å². The van der Waals surface area contributed by atoms with Crippen molar-refractivity contribution in [3.63, 3.8) is 0 Å². The van der Waals surface area contributed by atoms with Crippen LogP contribution in [0.3, 0.4) is 0 Å². The van der Waals surface area contributed by atoms with Gasteiger partial charge in [-0.25, -0.2) is 19.6 Å². The van der Waals surface area contributed by atoms with E-state index in [-0.39, 0.29) is 12.1 Å². The van der Waals surface area contributed by atoms with Gasteiger partial charge in [-0.15, -0.1) is 0 Å². The molecule has 2 fully saturated rings. The van der Waals surface area contributed by atoms with E-state index in [0.29, 0.717) is 11.8 Å². The molecule has 0 radical (unpaired) electrons. The summed E-state index contributed by atoms with van der Waals surface area (Å²) in [6, 6.07) is 0.396. The number of rotatable bonds is 4. The fraction of sp³-hybridized carbons (Fsp3) is 0.765.